The van der Waals surface area contributed by atoms with Crippen molar-refractivity contribution < 1.29 is 5.11 Å². The first-order valence-corrected chi connectivity index (χ1v) is 6.08. The number of nitrogens with zero attached hydrogens (tertiary/aromatic N) is 4. The maximum atomic E-state index is 9.63. The van der Waals surface area contributed by atoms with Crippen molar-refractivity contribution >= 4 is 5.65 Å². The lowest BCUT2D eigenvalue weighted by atomic mass is 10.3. The van der Waals surface area contributed by atoms with Crippen LogP contribution in [0.15, 0.2) is 18.3 Å². The third-order valence-corrected chi connectivity index (χ3v) is 3.34. The largest absolute Gasteiger partial charge is 0.504 e. The molecule has 5 nitrogen and oxygen atoms in total. The van der Waals surface area contributed by atoms with Crippen molar-refractivity contribution in [3.05, 3.63) is 24.2 Å². The Balaban J connectivity index is 1.78. The quantitative estimate of drug-likeness (QED) is 0.860. The molecule has 1 aliphatic heterocycles. The summed E-state index contributed by atoms with van der Waals surface area (Å²) in [5.41, 5.74) is 0.545. The van der Waals surface area contributed by atoms with Crippen LogP contribution in [0.4, 0.5) is 0 Å². The van der Waals surface area contributed by atoms with Crippen LogP contribution in [0.5, 0.6) is 5.75 Å². The minimum absolute atomic E-state index is 0.187. The highest BCUT2D eigenvalue weighted by Gasteiger charge is 2.13. The van der Waals surface area contributed by atoms with E-state index in [1.165, 1.54) is 25.9 Å². The Morgan fingerprint density at radius 3 is 2.88 bits per heavy atom. The van der Waals surface area contributed by atoms with Gasteiger partial charge in [0.1, 0.15) is 5.82 Å². The van der Waals surface area contributed by atoms with Crippen LogP contribution in [-0.2, 0) is 6.42 Å². The van der Waals surface area contributed by atoms with Gasteiger partial charge < -0.3 is 10.0 Å². The van der Waals surface area contributed by atoms with Gasteiger partial charge in [0, 0.05) is 19.2 Å². The van der Waals surface area contributed by atoms with Gasteiger partial charge in [-0.15, -0.1) is 10.2 Å². The summed E-state index contributed by atoms with van der Waals surface area (Å²) in [7, 11) is 0. The number of pyridine rings is 1. The molecule has 0 bridgehead atoms. The second-order valence-electron chi connectivity index (χ2n) is 4.50. The molecule has 0 amide bonds. The summed E-state index contributed by atoms with van der Waals surface area (Å²) < 4.78 is 1.87. The van der Waals surface area contributed by atoms with E-state index < -0.39 is 0 Å². The summed E-state index contributed by atoms with van der Waals surface area (Å²) in [6, 6.07) is 3.44. The van der Waals surface area contributed by atoms with Gasteiger partial charge in [-0.25, -0.2) is 0 Å². The predicted molar refractivity (Wildman–Crippen MR) is 64.0 cm³/mol. The second kappa shape index (κ2) is 4.33. The number of aromatic nitrogens is 3. The summed E-state index contributed by atoms with van der Waals surface area (Å²) in [4.78, 5) is 2.45. The Labute approximate surface area is 99.7 Å². The molecule has 1 fully saturated rings. The minimum Gasteiger partial charge on any atom is -0.504 e. The Kier molecular flexibility index (Phi) is 2.68. The molecule has 5 heteroatoms. The topological polar surface area (TPSA) is 53.7 Å². The van der Waals surface area contributed by atoms with Crippen molar-refractivity contribution in [1.82, 2.24) is 19.5 Å². The Morgan fingerprint density at radius 1 is 1.24 bits per heavy atom. The molecule has 2 aromatic rings. The molecule has 90 valence electrons. The fourth-order valence-corrected chi connectivity index (χ4v) is 2.38. The van der Waals surface area contributed by atoms with Gasteiger partial charge in [-0.3, -0.25) is 4.40 Å². The van der Waals surface area contributed by atoms with Gasteiger partial charge >= 0.3 is 0 Å². The van der Waals surface area contributed by atoms with E-state index in [2.05, 4.69) is 15.1 Å². The van der Waals surface area contributed by atoms with E-state index in [4.69, 9.17) is 0 Å². The Morgan fingerprint density at radius 2 is 2.06 bits per heavy atom. The van der Waals surface area contributed by atoms with Crippen molar-refractivity contribution in [1.29, 1.82) is 0 Å². The van der Waals surface area contributed by atoms with Gasteiger partial charge in [0.15, 0.2) is 5.75 Å². The minimum atomic E-state index is 0.187. The molecule has 1 aliphatic rings. The maximum absolute atomic E-state index is 9.63. The standard InChI is InChI=1S/C12H16N4O/c17-10-4-3-8-16-11(13-14-12(10)16)5-9-15-6-1-2-7-15/h3-4,8,17H,1-2,5-7,9H2. The van der Waals surface area contributed by atoms with Crippen molar-refractivity contribution in [2.75, 3.05) is 19.6 Å². The fourth-order valence-electron chi connectivity index (χ4n) is 2.38. The predicted octanol–water partition coefficient (Wildman–Crippen LogP) is 1.07. The van der Waals surface area contributed by atoms with Crippen LogP contribution in [0.2, 0.25) is 0 Å². The molecule has 1 N–H and O–H groups in total. The van der Waals surface area contributed by atoms with Crippen molar-refractivity contribution in [2.45, 2.75) is 19.3 Å². The zero-order valence-corrected chi connectivity index (χ0v) is 9.71. The van der Waals surface area contributed by atoms with E-state index in [1.54, 1.807) is 6.07 Å². The van der Waals surface area contributed by atoms with Crippen LogP contribution in [0, 0.1) is 0 Å². The lowest BCUT2D eigenvalue weighted by Gasteiger charge is -2.13. The highest BCUT2D eigenvalue weighted by Crippen LogP contribution is 2.16. The summed E-state index contributed by atoms with van der Waals surface area (Å²) in [5, 5.41) is 17.8. The number of rotatable bonds is 3. The first kappa shape index (κ1) is 10.5. The van der Waals surface area contributed by atoms with E-state index in [-0.39, 0.29) is 5.75 Å². The monoisotopic (exact) mass is 232 g/mol. The second-order valence-corrected chi connectivity index (χ2v) is 4.50. The Hall–Kier alpha value is -1.62. The molecule has 2 aromatic heterocycles. The van der Waals surface area contributed by atoms with Gasteiger partial charge in [0.05, 0.1) is 0 Å². The Bertz CT molecular complexity index is 516. The average molecular weight is 232 g/mol. The zero-order valence-electron chi connectivity index (χ0n) is 9.71. The van der Waals surface area contributed by atoms with Crippen molar-refractivity contribution in [2.24, 2.45) is 0 Å². The SMILES string of the molecule is Oc1cccn2c(CCN3CCCC3)nnc12. The fraction of sp³-hybridized carbons (Fsp3) is 0.500. The molecule has 0 aliphatic carbocycles. The normalized spacial score (nSPS) is 16.9. The molecule has 0 unspecified atom stereocenters. The molecule has 3 rings (SSSR count). The highest BCUT2D eigenvalue weighted by molar-refractivity contribution is 5.51. The van der Waals surface area contributed by atoms with E-state index in [9.17, 15) is 5.11 Å². The van der Waals surface area contributed by atoms with Gasteiger partial charge in [-0.1, -0.05) is 0 Å². The van der Waals surface area contributed by atoms with Gasteiger partial charge in [0.25, 0.3) is 0 Å². The number of fused-ring (bicyclic) bond motifs is 1. The summed E-state index contributed by atoms with van der Waals surface area (Å²) in [6.07, 6.45) is 5.39. The summed E-state index contributed by atoms with van der Waals surface area (Å²) in [5.74, 6) is 1.11. The molecule has 1 saturated heterocycles. The summed E-state index contributed by atoms with van der Waals surface area (Å²) >= 11 is 0. The maximum Gasteiger partial charge on any atom is 0.203 e. The van der Waals surface area contributed by atoms with Crippen LogP contribution in [-0.4, -0.2) is 44.2 Å². The smallest absolute Gasteiger partial charge is 0.203 e. The lowest BCUT2D eigenvalue weighted by molar-refractivity contribution is 0.340. The summed E-state index contributed by atoms with van der Waals surface area (Å²) in [6.45, 7) is 3.42. The molecule has 17 heavy (non-hydrogen) atoms. The number of hydrogen-bond acceptors (Lipinski definition) is 4. The van der Waals surface area contributed by atoms with Crippen LogP contribution in [0.3, 0.4) is 0 Å². The molecule has 0 radical (unpaired) electrons. The molecular weight excluding hydrogens is 216 g/mol. The van der Waals surface area contributed by atoms with Gasteiger partial charge in [-0.2, -0.15) is 0 Å². The third kappa shape index (κ3) is 1.98. The first-order valence-electron chi connectivity index (χ1n) is 6.08. The zero-order chi connectivity index (χ0) is 11.7. The van der Waals surface area contributed by atoms with Crippen LogP contribution < -0.4 is 0 Å². The highest BCUT2D eigenvalue weighted by atomic mass is 16.3. The first-order chi connectivity index (χ1) is 8.34. The van der Waals surface area contributed by atoms with Crippen LogP contribution in [0.25, 0.3) is 5.65 Å². The molecular formula is C12H16N4O. The number of aromatic hydroxyl groups is 1. The average Bonchev–Trinajstić information content (AvgIpc) is 2.95. The van der Waals surface area contributed by atoms with Gasteiger partial charge in [-0.05, 0) is 38.1 Å². The number of hydrogen-bond donors (Lipinski definition) is 1. The van der Waals surface area contributed by atoms with E-state index >= 15 is 0 Å². The molecule has 0 aromatic carbocycles. The lowest BCUT2D eigenvalue weighted by Crippen LogP contribution is -2.22. The van der Waals surface area contributed by atoms with Crippen LogP contribution in [0.1, 0.15) is 18.7 Å². The van der Waals surface area contributed by atoms with E-state index in [0.29, 0.717) is 5.65 Å². The molecule has 3 heterocycles. The third-order valence-electron chi connectivity index (χ3n) is 3.34. The van der Waals surface area contributed by atoms with Gasteiger partial charge in [0.2, 0.25) is 5.65 Å². The van der Waals surface area contributed by atoms with Crippen molar-refractivity contribution in [3.8, 4) is 5.75 Å². The molecule has 0 spiro atoms. The molecule has 0 atom stereocenters. The van der Waals surface area contributed by atoms with E-state index in [0.717, 1.165) is 18.8 Å². The molecule has 0 saturated carbocycles. The number of likely N-dealkylation sites (tertiary alicyclic amines) is 1. The van der Waals surface area contributed by atoms with Crippen LogP contribution >= 0.6 is 0 Å². The van der Waals surface area contributed by atoms with E-state index in [1.807, 2.05) is 16.7 Å². The van der Waals surface area contributed by atoms with Crippen molar-refractivity contribution in [3.63, 3.8) is 0 Å².